The van der Waals surface area contributed by atoms with E-state index in [1.807, 2.05) is 0 Å². The number of benzene rings is 2. The topological polar surface area (TPSA) is 116 Å². The Bertz CT molecular complexity index is 1010. The van der Waals surface area contributed by atoms with Crippen molar-refractivity contribution < 1.29 is 28.8 Å². The molecule has 1 aliphatic rings. The summed E-state index contributed by atoms with van der Waals surface area (Å²) in [6.45, 7) is 1.77. The van der Waals surface area contributed by atoms with Crippen LogP contribution >= 0.6 is 0 Å². The van der Waals surface area contributed by atoms with Crippen molar-refractivity contribution in [2.24, 2.45) is 5.92 Å². The van der Waals surface area contributed by atoms with Gasteiger partial charge in [0.15, 0.2) is 6.10 Å². The third-order valence-electron chi connectivity index (χ3n) is 5.10. The van der Waals surface area contributed by atoms with Gasteiger partial charge < -0.3 is 14.4 Å². The van der Waals surface area contributed by atoms with Gasteiger partial charge in [0.05, 0.1) is 29.7 Å². The molecule has 9 heteroatoms. The molecule has 9 nitrogen and oxygen atoms in total. The molecule has 0 radical (unpaired) electrons. The average Bonchev–Trinajstić information content (AvgIpc) is 3.18. The third-order valence-corrected chi connectivity index (χ3v) is 5.10. The van der Waals surface area contributed by atoms with Gasteiger partial charge in [-0.2, -0.15) is 0 Å². The number of rotatable bonds is 8. The molecule has 0 saturated carbocycles. The second-order valence-electron chi connectivity index (χ2n) is 7.08. The summed E-state index contributed by atoms with van der Waals surface area (Å²) < 4.78 is 10.6. The summed E-state index contributed by atoms with van der Waals surface area (Å²) in [5, 5.41) is 11.0. The van der Waals surface area contributed by atoms with Gasteiger partial charge >= 0.3 is 5.97 Å². The van der Waals surface area contributed by atoms with Crippen molar-refractivity contribution in [1.82, 2.24) is 0 Å². The number of carbonyl (C=O) groups excluding carboxylic acids is 3. The molecule has 0 spiro atoms. The van der Waals surface area contributed by atoms with Crippen LogP contribution in [0.25, 0.3) is 0 Å². The monoisotopic (exact) mass is 426 g/mol. The van der Waals surface area contributed by atoms with Crippen LogP contribution in [0, 0.1) is 16.0 Å². The maximum absolute atomic E-state index is 12.7. The van der Waals surface area contributed by atoms with Crippen molar-refractivity contribution in [2.45, 2.75) is 25.9 Å². The van der Waals surface area contributed by atoms with Crippen molar-refractivity contribution in [3.63, 3.8) is 0 Å². The molecule has 2 aromatic carbocycles. The van der Waals surface area contributed by atoms with Crippen LogP contribution in [-0.2, 0) is 14.3 Å². The van der Waals surface area contributed by atoms with Gasteiger partial charge in [0, 0.05) is 24.6 Å². The second kappa shape index (κ2) is 9.38. The van der Waals surface area contributed by atoms with E-state index < -0.39 is 22.9 Å². The van der Waals surface area contributed by atoms with E-state index in [2.05, 4.69) is 0 Å². The Labute approximate surface area is 178 Å². The Kier molecular flexibility index (Phi) is 6.64. The lowest BCUT2D eigenvalue weighted by atomic mass is 10.0. The number of Topliss-reactive ketones (excluding diaryl/α,β-unsaturated/α-hetero) is 1. The molecule has 0 N–H and O–H groups in total. The van der Waals surface area contributed by atoms with E-state index in [0.29, 0.717) is 17.7 Å². The summed E-state index contributed by atoms with van der Waals surface area (Å²) >= 11 is 0. The minimum absolute atomic E-state index is 0.0296. The summed E-state index contributed by atoms with van der Waals surface area (Å²) in [4.78, 5) is 49.6. The van der Waals surface area contributed by atoms with Crippen molar-refractivity contribution in [2.75, 3.05) is 18.6 Å². The van der Waals surface area contributed by atoms with Gasteiger partial charge in [0.2, 0.25) is 11.7 Å². The molecule has 1 aliphatic heterocycles. The maximum atomic E-state index is 12.7. The molecule has 1 amide bonds. The SMILES string of the molecule is CC[C@@H](OC(=O)[C@H]1CC(=O)N(c2ccc([N+](=O)[O-])cc2OC)C1)C(=O)c1ccccc1. The van der Waals surface area contributed by atoms with Crippen LogP contribution in [0.5, 0.6) is 5.75 Å². The zero-order valence-corrected chi connectivity index (χ0v) is 17.1. The van der Waals surface area contributed by atoms with E-state index in [1.165, 1.54) is 30.2 Å². The predicted octanol–water partition coefficient (Wildman–Crippen LogP) is 3.16. The highest BCUT2D eigenvalue weighted by Crippen LogP contribution is 2.36. The number of esters is 1. The van der Waals surface area contributed by atoms with Crippen LogP contribution in [-0.4, -0.2) is 42.3 Å². The van der Waals surface area contributed by atoms with E-state index in [9.17, 15) is 24.5 Å². The largest absolute Gasteiger partial charge is 0.494 e. The number of ketones is 1. The number of non-ortho nitro benzene ring substituents is 1. The number of anilines is 1. The number of nitro groups is 1. The van der Waals surface area contributed by atoms with E-state index in [1.54, 1.807) is 37.3 Å². The molecule has 1 saturated heterocycles. The van der Waals surface area contributed by atoms with Crippen LogP contribution in [0.4, 0.5) is 11.4 Å². The second-order valence-corrected chi connectivity index (χ2v) is 7.08. The van der Waals surface area contributed by atoms with Crippen molar-refractivity contribution in [1.29, 1.82) is 0 Å². The fraction of sp³-hybridized carbons (Fsp3) is 0.318. The third kappa shape index (κ3) is 4.71. The number of nitrogens with zero attached hydrogens (tertiary/aromatic N) is 2. The summed E-state index contributed by atoms with van der Waals surface area (Å²) in [5.74, 6) is -1.87. The summed E-state index contributed by atoms with van der Waals surface area (Å²) in [7, 11) is 1.34. The maximum Gasteiger partial charge on any atom is 0.312 e. The lowest BCUT2D eigenvalue weighted by Crippen LogP contribution is -2.31. The minimum Gasteiger partial charge on any atom is -0.494 e. The normalized spacial score (nSPS) is 16.6. The first-order valence-electron chi connectivity index (χ1n) is 9.78. The highest BCUT2D eigenvalue weighted by molar-refractivity contribution is 6.02. The van der Waals surface area contributed by atoms with E-state index in [0.717, 1.165) is 0 Å². The average molecular weight is 426 g/mol. The van der Waals surface area contributed by atoms with Gasteiger partial charge in [0.25, 0.3) is 5.69 Å². The molecule has 1 fully saturated rings. The van der Waals surface area contributed by atoms with E-state index >= 15 is 0 Å². The number of hydrogen-bond acceptors (Lipinski definition) is 7. The number of ether oxygens (including phenoxy) is 2. The molecule has 0 bridgehead atoms. The molecule has 0 unspecified atom stereocenters. The van der Waals surface area contributed by atoms with Gasteiger partial charge in [-0.05, 0) is 12.5 Å². The standard InChI is InChI=1S/C22H22N2O7/c1-3-18(21(26)14-7-5-4-6-8-14)31-22(27)15-11-20(25)23(13-15)17-10-9-16(24(28)29)12-19(17)30-2/h4-10,12,15,18H,3,11,13H2,1-2H3/t15-,18+/m0/s1. The Morgan fingerprint density at radius 3 is 2.55 bits per heavy atom. The van der Waals surface area contributed by atoms with Crippen LogP contribution in [0.1, 0.15) is 30.1 Å². The number of amides is 1. The molecule has 2 atom stereocenters. The minimum atomic E-state index is -0.937. The first kappa shape index (κ1) is 21.9. The molecule has 2 aromatic rings. The molecule has 0 aromatic heterocycles. The lowest BCUT2D eigenvalue weighted by Gasteiger charge is -2.20. The lowest BCUT2D eigenvalue weighted by molar-refractivity contribution is -0.384. The zero-order chi connectivity index (χ0) is 22.5. The number of carbonyl (C=O) groups is 3. The number of hydrogen-bond donors (Lipinski definition) is 0. The highest BCUT2D eigenvalue weighted by atomic mass is 16.6. The molecule has 3 rings (SSSR count). The fourth-order valence-corrected chi connectivity index (χ4v) is 3.45. The molecule has 0 aliphatic carbocycles. The van der Waals surface area contributed by atoms with Gasteiger partial charge in [0.1, 0.15) is 5.75 Å². The van der Waals surface area contributed by atoms with Crippen molar-refractivity contribution >= 4 is 29.0 Å². The van der Waals surface area contributed by atoms with Gasteiger partial charge in [-0.25, -0.2) is 0 Å². The Hall–Kier alpha value is -3.75. The van der Waals surface area contributed by atoms with Gasteiger partial charge in [-0.15, -0.1) is 0 Å². The van der Waals surface area contributed by atoms with Crippen LogP contribution in [0.15, 0.2) is 48.5 Å². The van der Waals surface area contributed by atoms with E-state index in [-0.39, 0.29) is 36.1 Å². The summed E-state index contributed by atoms with van der Waals surface area (Å²) in [6, 6.07) is 12.5. The molecule has 162 valence electrons. The van der Waals surface area contributed by atoms with Crippen molar-refractivity contribution in [3.05, 3.63) is 64.2 Å². The Balaban J connectivity index is 1.73. The smallest absolute Gasteiger partial charge is 0.312 e. The zero-order valence-electron chi connectivity index (χ0n) is 17.1. The molecule has 1 heterocycles. The van der Waals surface area contributed by atoms with Gasteiger partial charge in [-0.1, -0.05) is 37.3 Å². The van der Waals surface area contributed by atoms with Crippen LogP contribution in [0.3, 0.4) is 0 Å². The summed E-state index contributed by atoms with van der Waals surface area (Å²) in [6.07, 6.45) is -0.720. The summed E-state index contributed by atoms with van der Waals surface area (Å²) in [5.41, 5.74) is 0.608. The highest BCUT2D eigenvalue weighted by Gasteiger charge is 2.39. The molecular weight excluding hydrogens is 404 g/mol. The van der Waals surface area contributed by atoms with Crippen molar-refractivity contribution in [3.8, 4) is 5.75 Å². The first-order chi connectivity index (χ1) is 14.8. The first-order valence-corrected chi connectivity index (χ1v) is 9.78. The van der Waals surface area contributed by atoms with Crippen LogP contribution < -0.4 is 9.64 Å². The Morgan fingerprint density at radius 1 is 1.23 bits per heavy atom. The molecule has 31 heavy (non-hydrogen) atoms. The quantitative estimate of drug-likeness (QED) is 0.275. The Morgan fingerprint density at radius 2 is 1.94 bits per heavy atom. The predicted molar refractivity (Wildman–Crippen MR) is 111 cm³/mol. The number of nitro benzene ring substituents is 1. The van der Waals surface area contributed by atoms with Crippen LogP contribution in [0.2, 0.25) is 0 Å². The van der Waals surface area contributed by atoms with E-state index in [4.69, 9.17) is 9.47 Å². The van der Waals surface area contributed by atoms with Gasteiger partial charge in [-0.3, -0.25) is 24.5 Å². The molecular formula is C22H22N2O7. The number of methoxy groups -OCH3 is 1. The fourth-order valence-electron chi connectivity index (χ4n) is 3.45.